The van der Waals surface area contributed by atoms with Crippen molar-refractivity contribution >= 4 is 23.3 Å². The number of Topliss-reactive ketones (excluding diaryl/α,β-unsaturated/α-hetero) is 1. The molecule has 0 aromatic heterocycles. The maximum absolute atomic E-state index is 12.1. The van der Waals surface area contributed by atoms with E-state index < -0.39 is 18.5 Å². The van der Waals surface area contributed by atoms with Crippen LogP contribution in [0.2, 0.25) is 0 Å². The molecule has 2 aromatic carbocycles. The van der Waals surface area contributed by atoms with Crippen LogP contribution in [0.5, 0.6) is 17.2 Å². The Bertz CT molecular complexity index is 939. The van der Waals surface area contributed by atoms with Crippen LogP contribution in [0.3, 0.4) is 0 Å². The molecular weight excluding hydrogens is 378 g/mol. The molecule has 0 radical (unpaired) electrons. The zero-order valence-corrected chi connectivity index (χ0v) is 16.2. The third-order valence-electron chi connectivity index (χ3n) is 4.21. The van der Waals surface area contributed by atoms with Gasteiger partial charge in [-0.3, -0.25) is 14.4 Å². The van der Waals surface area contributed by atoms with E-state index in [1.807, 2.05) is 0 Å². The number of methoxy groups -OCH3 is 1. The summed E-state index contributed by atoms with van der Waals surface area (Å²) in [5.74, 6) is 0.403. The van der Waals surface area contributed by atoms with Crippen molar-refractivity contribution < 1.29 is 33.3 Å². The number of fused-ring (bicyclic) bond motifs is 1. The summed E-state index contributed by atoms with van der Waals surface area (Å²) >= 11 is 0. The number of nitrogens with one attached hydrogen (secondary N) is 1. The van der Waals surface area contributed by atoms with Gasteiger partial charge in [0, 0.05) is 22.9 Å². The lowest BCUT2D eigenvalue weighted by atomic mass is 10.0. The second-order valence-electron chi connectivity index (χ2n) is 6.33. The van der Waals surface area contributed by atoms with Crippen molar-refractivity contribution in [3.8, 4) is 17.2 Å². The normalized spacial score (nSPS) is 12.1. The molecule has 1 aliphatic heterocycles. The van der Waals surface area contributed by atoms with Crippen LogP contribution in [0, 0.1) is 0 Å². The Labute approximate surface area is 167 Å². The van der Waals surface area contributed by atoms with E-state index in [1.54, 1.807) is 36.4 Å². The number of rotatable bonds is 7. The molecular formula is C21H21NO7. The molecule has 0 unspecified atom stereocenters. The summed E-state index contributed by atoms with van der Waals surface area (Å²) in [7, 11) is 1.47. The topological polar surface area (TPSA) is 100 Å². The fourth-order valence-corrected chi connectivity index (χ4v) is 2.81. The first kappa shape index (κ1) is 20.2. The predicted molar refractivity (Wildman–Crippen MR) is 104 cm³/mol. The van der Waals surface area contributed by atoms with Crippen molar-refractivity contribution in [2.45, 2.75) is 13.3 Å². The van der Waals surface area contributed by atoms with E-state index in [4.69, 9.17) is 18.9 Å². The number of ether oxygens (including phenoxy) is 4. The minimum Gasteiger partial charge on any atom is -0.496 e. The fraction of sp³-hybridized carbons (Fsp3) is 0.286. The molecule has 0 bridgehead atoms. The molecule has 0 atom stereocenters. The molecule has 29 heavy (non-hydrogen) atoms. The third kappa shape index (κ3) is 5.25. The standard InChI is InChI=1S/C21H21NO7/c1-13(23)14-3-5-17(26-2)15(9-14)10-21(25)29-12-20(24)22-16-4-6-18-19(11-16)28-8-7-27-18/h3-6,9,11H,7-8,10,12H2,1-2H3,(H,22,24). The molecule has 152 valence electrons. The Morgan fingerprint density at radius 3 is 2.52 bits per heavy atom. The van der Waals surface area contributed by atoms with E-state index in [0.29, 0.717) is 47.3 Å². The number of carbonyl (C=O) groups is 3. The second kappa shape index (κ2) is 9.09. The van der Waals surface area contributed by atoms with E-state index in [0.717, 1.165) is 0 Å². The van der Waals surface area contributed by atoms with E-state index in [1.165, 1.54) is 14.0 Å². The molecule has 3 rings (SSSR count). The summed E-state index contributed by atoms with van der Waals surface area (Å²) in [4.78, 5) is 35.7. The SMILES string of the molecule is COc1ccc(C(C)=O)cc1CC(=O)OCC(=O)Nc1ccc2c(c1)OCCO2. The van der Waals surface area contributed by atoms with Gasteiger partial charge in [0.25, 0.3) is 5.91 Å². The number of esters is 1. The van der Waals surface area contributed by atoms with Gasteiger partial charge in [-0.05, 0) is 37.3 Å². The molecule has 1 amide bonds. The van der Waals surface area contributed by atoms with Gasteiger partial charge in [-0.2, -0.15) is 0 Å². The van der Waals surface area contributed by atoms with Crippen molar-refractivity contribution in [3.05, 3.63) is 47.5 Å². The summed E-state index contributed by atoms with van der Waals surface area (Å²) in [6, 6.07) is 9.84. The van der Waals surface area contributed by atoms with Gasteiger partial charge in [0.05, 0.1) is 13.5 Å². The minimum atomic E-state index is -0.610. The largest absolute Gasteiger partial charge is 0.496 e. The van der Waals surface area contributed by atoms with Crippen molar-refractivity contribution in [3.63, 3.8) is 0 Å². The van der Waals surface area contributed by atoms with Crippen LogP contribution in [0.1, 0.15) is 22.8 Å². The molecule has 0 saturated carbocycles. The van der Waals surface area contributed by atoms with Crippen LogP contribution in [-0.4, -0.2) is 44.6 Å². The third-order valence-corrected chi connectivity index (χ3v) is 4.21. The van der Waals surface area contributed by atoms with Gasteiger partial charge < -0.3 is 24.3 Å². The first-order valence-electron chi connectivity index (χ1n) is 8.99. The van der Waals surface area contributed by atoms with Crippen LogP contribution < -0.4 is 19.5 Å². The van der Waals surface area contributed by atoms with Gasteiger partial charge >= 0.3 is 5.97 Å². The first-order chi connectivity index (χ1) is 14.0. The lowest BCUT2D eigenvalue weighted by molar-refractivity contribution is -0.146. The Morgan fingerprint density at radius 1 is 1.03 bits per heavy atom. The Morgan fingerprint density at radius 2 is 1.79 bits per heavy atom. The number of benzene rings is 2. The molecule has 0 saturated heterocycles. The monoisotopic (exact) mass is 399 g/mol. The molecule has 8 heteroatoms. The first-order valence-corrected chi connectivity index (χ1v) is 8.99. The predicted octanol–water partition coefficient (Wildman–Crippen LogP) is 2.39. The number of amides is 1. The molecule has 8 nitrogen and oxygen atoms in total. The summed E-state index contributed by atoms with van der Waals surface area (Å²) < 4.78 is 21.1. The van der Waals surface area contributed by atoms with Crippen molar-refractivity contribution in [2.24, 2.45) is 0 Å². The maximum atomic E-state index is 12.1. The van der Waals surface area contributed by atoms with Crippen LogP contribution in [0.25, 0.3) is 0 Å². The quantitative estimate of drug-likeness (QED) is 0.564. The van der Waals surface area contributed by atoms with E-state index in [2.05, 4.69) is 5.32 Å². The number of hydrogen-bond donors (Lipinski definition) is 1. The van der Waals surface area contributed by atoms with Crippen LogP contribution in [0.15, 0.2) is 36.4 Å². The minimum absolute atomic E-state index is 0.123. The van der Waals surface area contributed by atoms with Gasteiger partial charge in [-0.1, -0.05) is 0 Å². The molecule has 0 fully saturated rings. The van der Waals surface area contributed by atoms with Gasteiger partial charge in [0.15, 0.2) is 23.9 Å². The molecule has 1 N–H and O–H groups in total. The summed E-state index contributed by atoms with van der Waals surface area (Å²) in [6.45, 7) is 1.92. The van der Waals surface area contributed by atoms with Crippen LogP contribution in [0.4, 0.5) is 5.69 Å². The molecule has 1 heterocycles. The molecule has 0 spiro atoms. The number of anilines is 1. The molecule has 0 aliphatic carbocycles. The fourth-order valence-electron chi connectivity index (χ4n) is 2.81. The summed E-state index contributed by atoms with van der Waals surface area (Å²) in [5, 5.41) is 2.64. The number of carbonyl (C=O) groups excluding carboxylic acids is 3. The lowest BCUT2D eigenvalue weighted by Crippen LogP contribution is -2.22. The van der Waals surface area contributed by atoms with Gasteiger partial charge in [0.1, 0.15) is 19.0 Å². The Kier molecular flexibility index (Phi) is 6.33. The van der Waals surface area contributed by atoms with Crippen LogP contribution >= 0.6 is 0 Å². The van der Waals surface area contributed by atoms with Crippen LogP contribution in [-0.2, 0) is 20.7 Å². The maximum Gasteiger partial charge on any atom is 0.310 e. The molecule has 1 aliphatic rings. The van der Waals surface area contributed by atoms with Gasteiger partial charge in [0.2, 0.25) is 0 Å². The van der Waals surface area contributed by atoms with Gasteiger partial charge in [-0.25, -0.2) is 0 Å². The summed E-state index contributed by atoms with van der Waals surface area (Å²) in [5.41, 5.74) is 1.48. The van der Waals surface area contributed by atoms with E-state index >= 15 is 0 Å². The zero-order valence-electron chi connectivity index (χ0n) is 16.2. The zero-order chi connectivity index (χ0) is 20.8. The highest BCUT2D eigenvalue weighted by molar-refractivity contribution is 5.95. The van der Waals surface area contributed by atoms with Gasteiger partial charge in [-0.15, -0.1) is 0 Å². The average molecular weight is 399 g/mol. The number of hydrogen-bond acceptors (Lipinski definition) is 7. The highest BCUT2D eigenvalue weighted by Crippen LogP contribution is 2.32. The summed E-state index contributed by atoms with van der Waals surface area (Å²) in [6.07, 6.45) is -0.123. The van der Waals surface area contributed by atoms with Crippen molar-refractivity contribution in [2.75, 3.05) is 32.2 Å². The van der Waals surface area contributed by atoms with E-state index in [9.17, 15) is 14.4 Å². The molecule has 2 aromatic rings. The smallest absolute Gasteiger partial charge is 0.310 e. The second-order valence-corrected chi connectivity index (χ2v) is 6.33. The average Bonchev–Trinajstić information content (AvgIpc) is 2.72. The lowest BCUT2D eigenvalue weighted by Gasteiger charge is -2.19. The van der Waals surface area contributed by atoms with Crippen molar-refractivity contribution in [1.82, 2.24) is 0 Å². The highest BCUT2D eigenvalue weighted by atomic mass is 16.6. The van der Waals surface area contributed by atoms with E-state index in [-0.39, 0.29) is 12.2 Å². The van der Waals surface area contributed by atoms with Crippen molar-refractivity contribution in [1.29, 1.82) is 0 Å². The highest BCUT2D eigenvalue weighted by Gasteiger charge is 2.15. The Hall–Kier alpha value is -3.55. The number of ketones is 1. The Balaban J connectivity index is 1.55.